The number of nitrogens with one attached hydrogen (secondary N) is 2. The lowest BCUT2D eigenvalue weighted by atomic mass is 9.93. The summed E-state index contributed by atoms with van der Waals surface area (Å²) < 4.78 is 0. The van der Waals surface area contributed by atoms with Crippen molar-refractivity contribution in [1.82, 2.24) is 20.4 Å². The van der Waals surface area contributed by atoms with Gasteiger partial charge >= 0.3 is 0 Å². The van der Waals surface area contributed by atoms with E-state index in [1.165, 1.54) is 18.4 Å². The molecule has 192 valence electrons. The average Bonchev–Trinajstić information content (AvgIpc) is 3.40. The highest BCUT2D eigenvalue weighted by Gasteiger charge is 2.43. The van der Waals surface area contributed by atoms with Crippen molar-refractivity contribution in [1.29, 1.82) is 0 Å². The monoisotopic (exact) mass is 528 g/mol. The number of carbonyl (C=O) groups excluding carboxylic acids is 2. The van der Waals surface area contributed by atoms with Crippen LogP contribution in [0.4, 0.5) is 0 Å². The molecule has 36 heavy (non-hydrogen) atoms. The van der Waals surface area contributed by atoms with Crippen molar-refractivity contribution in [2.24, 2.45) is 17.8 Å². The van der Waals surface area contributed by atoms with Crippen molar-refractivity contribution < 1.29 is 9.59 Å². The molecule has 0 spiro atoms. The fourth-order valence-electron chi connectivity index (χ4n) is 5.45. The molecular weight excluding hydrogens is 495 g/mol. The molecule has 3 fully saturated rings. The summed E-state index contributed by atoms with van der Waals surface area (Å²) in [5, 5.41) is 7.39. The highest BCUT2D eigenvalue weighted by atomic mass is 35.5. The van der Waals surface area contributed by atoms with Crippen LogP contribution in [-0.4, -0.2) is 60.4 Å². The zero-order chi connectivity index (χ0) is 25.1. The van der Waals surface area contributed by atoms with E-state index in [2.05, 4.69) is 44.7 Å². The number of amides is 2. The summed E-state index contributed by atoms with van der Waals surface area (Å²) in [5.41, 5.74) is 2.10. The number of benzene rings is 2. The molecule has 6 nitrogen and oxygen atoms in total. The Kier molecular flexibility index (Phi) is 8.16. The summed E-state index contributed by atoms with van der Waals surface area (Å²) in [6, 6.07) is 15.8. The maximum absolute atomic E-state index is 13.4. The molecular formula is C28H34Cl2N4O2. The molecule has 1 saturated carbocycles. The highest BCUT2D eigenvalue weighted by Crippen LogP contribution is 2.33. The number of carbonyl (C=O) groups is 2. The zero-order valence-corrected chi connectivity index (χ0v) is 22.0. The van der Waals surface area contributed by atoms with Gasteiger partial charge in [0, 0.05) is 61.9 Å². The van der Waals surface area contributed by atoms with Crippen LogP contribution < -0.4 is 10.6 Å². The Hall–Kier alpha value is -2.12. The van der Waals surface area contributed by atoms with Crippen LogP contribution >= 0.6 is 23.2 Å². The molecule has 0 bridgehead atoms. The second-order valence-corrected chi connectivity index (χ2v) is 11.4. The summed E-state index contributed by atoms with van der Waals surface area (Å²) in [5.74, 6) is -0.0739. The van der Waals surface area contributed by atoms with Crippen molar-refractivity contribution in [3.8, 4) is 0 Å². The largest absolute Gasteiger partial charge is 0.352 e. The molecule has 8 heteroatoms. The maximum Gasteiger partial charge on any atom is 0.225 e. The Bertz CT molecular complexity index is 1080. The van der Waals surface area contributed by atoms with E-state index in [1.807, 2.05) is 12.1 Å². The molecule has 2 heterocycles. The van der Waals surface area contributed by atoms with Crippen molar-refractivity contribution in [3.63, 3.8) is 0 Å². The maximum atomic E-state index is 13.4. The Morgan fingerprint density at radius 2 is 1.64 bits per heavy atom. The van der Waals surface area contributed by atoms with E-state index >= 15 is 0 Å². The normalized spacial score (nSPS) is 24.7. The summed E-state index contributed by atoms with van der Waals surface area (Å²) in [7, 11) is 0. The van der Waals surface area contributed by atoms with Gasteiger partial charge in [-0.15, -0.1) is 0 Å². The van der Waals surface area contributed by atoms with Gasteiger partial charge in [-0.25, -0.2) is 0 Å². The lowest BCUT2D eigenvalue weighted by molar-refractivity contribution is -0.133. The van der Waals surface area contributed by atoms with Crippen molar-refractivity contribution in [3.05, 3.63) is 69.7 Å². The Morgan fingerprint density at radius 3 is 2.36 bits per heavy atom. The van der Waals surface area contributed by atoms with Gasteiger partial charge in [0.1, 0.15) is 0 Å². The van der Waals surface area contributed by atoms with E-state index in [4.69, 9.17) is 23.2 Å². The second kappa shape index (κ2) is 11.5. The summed E-state index contributed by atoms with van der Waals surface area (Å²) in [6.07, 6.45) is 3.43. The van der Waals surface area contributed by atoms with Gasteiger partial charge in [-0.2, -0.15) is 0 Å². The van der Waals surface area contributed by atoms with E-state index in [0.717, 1.165) is 38.2 Å². The van der Waals surface area contributed by atoms with E-state index in [9.17, 15) is 9.59 Å². The van der Waals surface area contributed by atoms with Gasteiger partial charge in [0.15, 0.2) is 0 Å². The lowest BCUT2D eigenvalue weighted by Crippen LogP contribution is -2.45. The van der Waals surface area contributed by atoms with E-state index in [1.54, 1.807) is 12.1 Å². The van der Waals surface area contributed by atoms with Gasteiger partial charge in [-0.1, -0.05) is 59.6 Å². The number of hydrogen-bond donors (Lipinski definition) is 2. The number of likely N-dealkylation sites (tertiary alicyclic amines) is 2. The smallest absolute Gasteiger partial charge is 0.225 e. The number of hydrogen-bond acceptors (Lipinski definition) is 4. The molecule has 0 aromatic heterocycles. The zero-order valence-electron chi connectivity index (χ0n) is 20.5. The minimum atomic E-state index is -0.364. The molecule has 0 radical (unpaired) electrons. The molecule has 1 aliphatic carbocycles. The van der Waals surface area contributed by atoms with Crippen LogP contribution in [0.2, 0.25) is 10.0 Å². The second-order valence-electron chi connectivity index (χ2n) is 10.5. The molecule has 2 N–H and O–H groups in total. The predicted molar refractivity (Wildman–Crippen MR) is 143 cm³/mol. The molecule has 2 saturated heterocycles. The Balaban J connectivity index is 1.18. The first-order chi connectivity index (χ1) is 17.4. The van der Waals surface area contributed by atoms with Gasteiger partial charge in [-0.05, 0) is 48.4 Å². The SMILES string of the molecule is O=C(NCc1ccc(Cl)cc1Cl)[C@H]1CN(CC2CC2)C[C@H]1C(=O)NC1CCN(Cc2ccccc2)C1. The predicted octanol–water partition coefficient (Wildman–Crippen LogP) is 3.96. The molecule has 5 rings (SSSR count). The van der Waals surface area contributed by atoms with Crippen LogP contribution in [0, 0.1) is 17.8 Å². The van der Waals surface area contributed by atoms with Crippen LogP contribution in [0.25, 0.3) is 0 Å². The van der Waals surface area contributed by atoms with Crippen molar-refractivity contribution in [2.45, 2.75) is 38.4 Å². The summed E-state index contributed by atoms with van der Waals surface area (Å²) >= 11 is 12.3. The Morgan fingerprint density at radius 1 is 0.889 bits per heavy atom. The standard InChI is InChI=1S/C28H34Cl2N4O2/c29-22-9-8-21(26(30)12-22)13-31-27(35)24-17-34(15-20-6-7-20)18-25(24)28(36)32-23-10-11-33(16-23)14-19-4-2-1-3-5-19/h1-5,8-9,12,20,23-25H,6-7,10-11,13-18H2,(H,31,35)(H,32,36)/t23?,24-,25+/m0/s1. The third-order valence-corrected chi connectivity index (χ3v) is 8.21. The van der Waals surface area contributed by atoms with Crippen molar-refractivity contribution in [2.75, 3.05) is 32.7 Å². The lowest BCUT2D eigenvalue weighted by Gasteiger charge is -2.21. The van der Waals surface area contributed by atoms with Crippen LogP contribution in [0.1, 0.15) is 30.4 Å². The number of halogens is 2. The molecule has 2 aromatic rings. The van der Waals surface area contributed by atoms with Crippen LogP contribution in [0.15, 0.2) is 48.5 Å². The van der Waals surface area contributed by atoms with Gasteiger partial charge in [0.25, 0.3) is 0 Å². The highest BCUT2D eigenvalue weighted by molar-refractivity contribution is 6.35. The van der Waals surface area contributed by atoms with E-state index in [-0.39, 0.29) is 29.7 Å². The van der Waals surface area contributed by atoms with Gasteiger partial charge < -0.3 is 15.5 Å². The van der Waals surface area contributed by atoms with Gasteiger partial charge in [0.05, 0.1) is 11.8 Å². The molecule has 2 aromatic carbocycles. The first-order valence-corrected chi connectivity index (χ1v) is 13.7. The quantitative estimate of drug-likeness (QED) is 0.517. The number of nitrogens with zero attached hydrogens (tertiary/aromatic N) is 2. The van der Waals surface area contributed by atoms with Crippen LogP contribution in [0.3, 0.4) is 0 Å². The fraction of sp³-hybridized carbons (Fsp3) is 0.500. The molecule has 3 atom stereocenters. The summed E-state index contributed by atoms with van der Waals surface area (Å²) in [6.45, 7) is 5.26. The van der Waals surface area contributed by atoms with E-state index < -0.39 is 0 Å². The van der Waals surface area contributed by atoms with Crippen LogP contribution in [-0.2, 0) is 22.7 Å². The topological polar surface area (TPSA) is 64.7 Å². The molecule has 1 unspecified atom stereocenters. The fourth-order valence-corrected chi connectivity index (χ4v) is 5.93. The van der Waals surface area contributed by atoms with E-state index in [0.29, 0.717) is 35.6 Å². The average molecular weight is 530 g/mol. The third-order valence-electron chi connectivity index (χ3n) is 7.62. The molecule has 3 aliphatic rings. The van der Waals surface area contributed by atoms with Gasteiger partial charge in [0.2, 0.25) is 11.8 Å². The first kappa shape index (κ1) is 25.5. The first-order valence-electron chi connectivity index (χ1n) is 13.0. The minimum absolute atomic E-state index is 0.00420. The Labute approximate surface area is 223 Å². The third kappa shape index (κ3) is 6.60. The van der Waals surface area contributed by atoms with Crippen molar-refractivity contribution >= 4 is 35.0 Å². The molecule has 2 amide bonds. The minimum Gasteiger partial charge on any atom is -0.352 e. The molecule has 2 aliphatic heterocycles. The van der Waals surface area contributed by atoms with Crippen LogP contribution in [0.5, 0.6) is 0 Å². The number of rotatable bonds is 9. The van der Waals surface area contributed by atoms with Gasteiger partial charge in [-0.3, -0.25) is 14.5 Å². The summed E-state index contributed by atoms with van der Waals surface area (Å²) in [4.78, 5) is 31.4.